The highest BCUT2D eigenvalue weighted by Gasteiger charge is 2.14. The number of anilines is 1. The van der Waals surface area contributed by atoms with Crippen LogP contribution in [0.2, 0.25) is 0 Å². The van der Waals surface area contributed by atoms with Gasteiger partial charge in [0.15, 0.2) is 11.6 Å². The Kier molecular flexibility index (Phi) is 4.83. The number of ether oxygens (including phenoxy) is 1. The van der Waals surface area contributed by atoms with Crippen molar-refractivity contribution in [2.24, 2.45) is 0 Å². The van der Waals surface area contributed by atoms with Crippen LogP contribution >= 0.6 is 15.9 Å². The van der Waals surface area contributed by atoms with Crippen molar-refractivity contribution in [1.29, 1.82) is 0 Å². The molecule has 0 amide bonds. The van der Waals surface area contributed by atoms with Gasteiger partial charge in [-0.25, -0.2) is 8.78 Å². The standard InChI is InChI=1S/C16H16BrF2NO/c1-9-6-12(17)8-15(21-3)16(9)20-10(2)11-4-5-13(18)14(19)7-11/h4-8,10,20H,1-3H3. The van der Waals surface area contributed by atoms with Gasteiger partial charge in [-0.2, -0.15) is 0 Å². The van der Waals surface area contributed by atoms with E-state index in [1.54, 1.807) is 13.2 Å². The largest absolute Gasteiger partial charge is 0.495 e. The predicted molar refractivity (Wildman–Crippen MR) is 83.8 cm³/mol. The molecule has 0 radical (unpaired) electrons. The second-order valence-corrected chi connectivity index (χ2v) is 5.76. The Morgan fingerprint density at radius 3 is 2.48 bits per heavy atom. The van der Waals surface area contributed by atoms with E-state index in [0.717, 1.165) is 21.8 Å². The molecule has 2 aromatic rings. The van der Waals surface area contributed by atoms with Gasteiger partial charge in [0.05, 0.1) is 12.8 Å². The number of nitrogens with one attached hydrogen (secondary N) is 1. The summed E-state index contributed by atoms with van der Waals surface area (Å²) < 4.78 is 32.6. The van der Waals surface area contributed by atoms with Crippen molar-refractivity contribution in [3.05, 3.63) is 57.6 Å². The lowest BCUT2D eigenvalue weighted by Crippen LogP contribution is -2.09. The van der Waals surface area contributed by atoms with E-state index in [9.17, 15) is 8.78 Å². The topological polar surface area (TPSA) is 21.3 Å². The van der Waals surface area contributed by atoms with E-state index in [4.69, 9.17) is 4.74 Å². The fraction of sp³-hybridized carbons (Fsp3) is 0.250. The van der Waals surface area contributed by atoms with E-state index in [0.29, 0.717) is 11.3 Å². The van der Waals surface area contributed by atoms with E-state index < -0.39 is 11.6 Å². The van der Waals surface area contributed by atoms with E-state index >= 15 is 0 Å². The summed E-state index contributed by atoms with van der Waals surface area (Å²) >= 11 is 3.42. The summed E-state index contributed by atoms with van der Waals surface area (Å²) in [5, 5.41) is 3.28. The van der Waals surface area contributed by atoms with Crippen molar-refractivity contribution in [1.82, 2.24) is 0 Å². The van der Waals surface area contributed by atoms with Crippen LogP contribution in [0.1, 0.15) is 24.1 Å². The van der Waals surface area contributed by atoms with Crippen molar-refractivity contribution >= 4 is 21.6 Å². The zero-order chi connectivity index (χ0) is 15.6. The lowest BCUT2D eigenvalue weighted by atomic mass is 10.1. The smallest absolute Gasteiger partial charge is 0.159 e. The molecule has 0 heterocycles. The Hall–Kier alpha value is -1.62. The predicted octanol–water partition coefficient (Wildman–Crippen LogP) is 5.22. The molecule has 2 aromatic carbocycles. The lowest BCUT2D eigenvalue weighted by molar-refractivity contribution is 0.415. The Balaban J connectivity index is 2.31. The van der Waals surface area contributed by atoms with E-state index in [1.807, 2.05) is 26.0 Å². The fourth-order valence-electron chi connectivity index (χ4n) is 2.14. The zero-order valence-electron chi connectivity index (χ0n) is 12.0. The summed E-state index contributed by atoms with van der Waals surface area (Å²) in [6.07, 6.45) is 0. The molecule has 0 aromatic heterocycles. The van der Waals surface area contributed by atoms with Crippen LogP contribution in [-0.4, -0.2) is 7.11 Å². The molecule has 1 N–H and O–H groups in total. The van der Waals surface area contributed by atoms with E-state index in [1.165, 1.54) is 6.07 Å². The lowest BCUT2D eigenvalue weighted by Gasteiger charge is -2.20. The van der Waals surface area contributed by atoms with Gasteiger partial charge in [0.25, 0.3) is 0 Å². The quantitative estimate of drug-likeness (QED) is 0.811. The van der Waals surface area contributed by atoms with Crippen molar-refractivity contribution in [2.45, 2.75) is 19.9 Å². The molecule has 0 aliphatic carbocycles. The molecule has 5 heteroatoms. The van der Waals surface area contributed by atoms with Crippen LogP contribution in [0.3, 0.4) is 0 Å². The number of hydrogen-bond acceptors (Lipinski definition) is 2. The SMILES string of the molecule is COc1cc(Br)cc(C)c1NC(C)c1ccc(F)c(F)c1. The molecule has 2 nitrogen and oxygen atoms in total. The molecular formula is C16H16BrF2NO. The van der Waals surface area contributed by atoms with Gasteiger partial charge in [0, 0.05) is 10.5 Å². The Bertz CT molecular complexity index is 661. The molecule has 0 aliphatic heterocycles. The third-order valence-electron chi connectivity index (χ3n) is 3.29. The maximum absolute atomic E-state index is 13.3. The first-order valence-corrected chi connectivity index (χ1v) is 7.27. The number of rotatable bonds is 4. The van der Waals surface area contributed by atoms with Crippen LogP contribution in [-0.2, 0) is 0 Å². The zero-order valence-corrected chi connectivity index (χ0v) is 13.6. The van der Waals surface area contributed by atoms with Crippen molar-refractivity contribution < 1.29 is 13.5 Å². The first-order chi connectivity index (χ1) is 9.92. The number of methoxy groups -OCH3 is 1. The monoisotopic (exact) mass is 355 g/mol. The molecule has 0 fully saturated rings. The molecule has 0 spiro atoms. The summed E-state index contributed by atoms with van der Waals surface area (Å²) in [6.45, 7) is 3.83. The molecule has 2 rings (SSSR count). The normalized spacial score (nSPS) is 12.1. The molecule has 0 aliphatic rings. The third kappa shape index (κ3) is 3.53. The Morgan fingerprint density at radius 2 is 1.86 bits per heavy atom. The minimum atomic E-state index is -0.847. The molecule has 0 saturated heterocycles. The van der Waals surface area contributed by atoms with Crippen LogP contribution < -0.4 is 10.1 Å². The second-order valence-electron chi connectivity index (χ2n) is 4.84. The van der Waals surface area contributed by atoms with Crippen LogP contribution in [0.15, 0.2) is 34.8 Å². The minimum Gasteiger partial charge on any atom is -0.495 e. The van der Waals surface area contributed by atoms with Gasteiger partial charge in [-0.1, -0.05) is 22.0 Å². The molecule has 21 heavy (non-hydrogen) atoms. The van der Waals surface area contributed by atoms with Gasteiger partial charge >= 0.3 is 0 Å². The van der Waals surface area contributed by atoms with Crippen LogP contribution in [0.5, 0.6) is 5.75 Å². The number of aryl methyl sites for hydroxylation is 1. The molecular weight excluding hydrogens is 340 g/mol. The highest BCUT2D eigenvalue weighted by Crippen LogP contribution is 2.34. The first kappa shape index (κ1) is 15.8. The minimum absolute atomic E-state index is 0.186. The van der Waals surface area contributed by atoms with Crippen molar-refractivity contribution in [2.75, 3.05) is 12.4 Å². The summed E-state index contributed by atoms with van der Waals surface area (Å²) in [5.74, 6) is -1.000. The van der Waals surface area contributed by atoms with Gasteiger partial charge < -0.3 is 10.1 Å². The van der Waals surface area contributed by atoms with Crippen molar-refractivity contribution in [3.63, 3.8) is 0 Å². The molecule has 112 valence electrons. The summed E-state index contributed by atoms with van der Waals surface area (Å²) in [7, 11) is 1.59. The molecule has 1 atom stereocenters. The van der Waals surface area contributed by atoms with Crippen LogP contribution in [0.25, 0.3) is 0 Å². The summed E-state index contributed by atoms with van der Waals surface area (Å²) in [6, 6.07) is 7.53. The van der Waals surface area contributed by atoms with Gasteiger partial charge in [-0.3, -0.25) is 0 Å². The second kappa shape index (κ2) is 6.43. The average molecular weight is 356 g/mol. The van der Waals surface area contributed by atoms with E-state index in [2.05, 4.69) is 21.2 Å². The molecule has 0 saturated carbocycles. The Morgan fingerprint density at radius 1 is 1.14 bits per heavy atom. The van der Waals surface area contributed by atoms with Gasteiger partial charge in [0.2, 0.25) is 0 Å². The van der Waals surface area contributed by atoms with Crippen LogP contribution in [0.4, 0.5) is 14.5 Å². The van der Waals surface area contributed by atoms with Gasteiger partial charge in [-0.05, 0) is 49.2 Å². The summed E-state index contributed by atoms with van der Waals surface area (Å²) in [4.78, 5) is 0. The maximum Gasteiger partial charge on any atom is 0.159 e. The Labute approximate surface area is 131 Å². The fourth-order valence-corrected chi connectivity index (χ4v) is 2.69. The highest BCUT2D eigenvalue weighted by atomic mass is 79.9. The van der Waals surface area contributed by atoms with Gasteiger partial charge in [-0.15, -0.1) is 0 Å². The highest BCUT2D eigenvalue weighted by molar-refractivity contribution is 9.10. The summed E-state index contributed by atoms with van der Waals surface area (Å²) in [5.41, 5.74) is 2.49. The average Bonchev–Trinajstić information content (AvgIpc) is 2.44. The number of benzene rings is 2. The van der Waals surface area contributed by atoms with E-state index in [-0.39, 0.29) is 6.04 Å². The van der Waals surface area contributed by atoms with Gasteiger partial charge in [0.1, 0.15) is 5.75 Å². The number of hydrogen-bond donors (Lipinski definition) is 1. The molecule has 0 bridgehead atoms. The first-order valence-electron chi connectivity index (χ1n) is 6.48. The van der Waals surface area contributed by atoms with Crippen LogP contribution in [0, 0.1) is 18.6 Å². The maximum atomic E-state index is 13.3. The number of halogens is 3. The molecule has 1 unspecified atom stereocenters. The third-order valence-corrected chi connectivity index (χ3v) is 3.75. The van der Waals surface area contributed by atoms with Crippen molar-refractivity contribution in [3.8, 4) is 5.75 Å².